The Labute approximate surface area is 235 Å². The van der Waals surface area contributed by atoms with E-state index >= 15 is 0 Å². The van der Waals surface area contributed by atoms with Crippen molar-refractivity contribution in [2.75, 3.05) is 6.61 Å². The van der Waals surface area contributed by atoms with E-state index in [-0.39, 0.29) is 18.9 Å². The van der Waals surface area contributed by atoms with Crippen LogP contribution in [0.15, 0.2) is 54.6 Å². The number of nitriles is 1. The molecule has 0 saturated heterocycles. The first kappa shape index (κ1) is 30.4. The van der Waals surface area contributed by atoms with Crippen LogP contribution in [-0.4, -0.2) is 53.9 Å². The normalized spacial score (nSPS) is 21.2. The summed E-state index contributed by atoms with van der Waals surface area (Å²) in [6.07, 6.45) is -0.0581. The van der Waals surface area contributed by atoms with E-state index in [9.17, 15) is 24.8 Å². The summed E-state index contributed by atoms with van der Waals surface area (Å²) in [5.41, 5.74) is 1.58. The largest absolute Gasteiger partial charge is 0.494 e. The second-order valence-corrected chi connectivity index (χ2v) is 10.3. The van der Waals surface area contributed by atoms with Gasteiger partial charge < -0.3 is 30.5 Å². The van der Waals surface area contributed by atoms with Crippen LogP contribution in [0.3, 0.4) is 0 Å². The van der Waals surface area contributed by atoms with Crippen LogP contribution in [-0.2, 0) is 27.4 Å². The van der Waals surface area contributed by atoms with Crippen molar-refractivity contribution in [1.29, 1.82) is 5.26 Å². The maximum Gasteiger partial charge on any atom is 0.408 e. The number of fused-ring (bicyclic) bond motifs is 14. The second-order valence-electron chi connectivity index (χ2n) is 10.3. The summed E-state index contributed by atoms with van der Waals surface area (Å²) in [5.74, 6) is -0.351. The highest BCUT2D eigenvalue weighted by atomic mass is 16.5. The smallest absolute Gasteiger partial charge is 0.408 e. The highest BCUT2D eigenvalue weighted by Crippen LogP contribution is 2.16. The summed E-state index contributed by atoms with van der Waals surface area (Å²) in [6, 6.07) is 15.4. The lowest BCUT2D eigenvalue weighted by Crippen LogP contribution is -2.56. The van der Waals surface area contributed by atoms with Crippen LogP contribution >= 0.6 is 0 Å². The van der Waals surface area contributed by atoms with Crippen molar-refractivity contribution in [3.63, 3.8) is 0 Å². The lowest BCUT2D eigenvalue weighted by Gasteiger charge is -2.27. The molecule has 2 aromatic rings. The number of hydrogen-bond acceptors (Lipinski definition) is 7. The van der Waals surface area contributed by atoms with Crippen LogP contribution in [0.4, 0.5) is 4.79 Å². The molecule has 4 atom stereocenters. The van der Waals surface area contributed by atoms with Gasteiger partial charge in [0.05, 0.1) is 18.7 Å². The van der Waals surface area contributed by atoms with Crippen molar-refractivity contribution < 1.29 is 29.0 Å². The number of alkyl carbamates (subject to hydrolysis) is 1. The van der Waals surface area contributed by atoms with E-state index in [4.69, 9.17) is 9.47 Å². The van der Waals surface area contributed by atoms with Crippen LogP contribution in [0.5, 0.6) is 5.75 Å². The molecule has 2 aliphatic rings. The van der Waals surface area contributed by atoms with E-state index < -0.39 is 42.1 Å². The Morgan fingerprint density at radius 1 is 1.10 bits per heavy atom. The van der Waals surface area contributed by atoms with Gasteiger partial charge in [0.1, 0.15) is 24.4 Å². The Kier molecular flexibility index (Phi) is 11.8. The third kappa shape index (κ3) is 9.89. The Morgan fingerprint density at radius 3 is 2.50 bits per heavy atom. The monoisotopic (exact) mass is 550 g/mol. The molecule has 0 radical (unpaired) electrons. The van der Waals surface area contributed by atoms with Gasteiger partial charge in [-0.15, -0.1) is 0 Å². The van der Waals surface area contributed by atoms with Crippen LogP contribution in [0.1, 0.15) is 50.7 Å². The van der Waals surface area contributed by atoms with E-state index in [0.29, 0.717) is 38.0 Å². The number of aliphatic hydroxyl groups excluding tert-OH is 1. The number of benzene rings is 2. The predicted molar refractivity (Wildman–Crippen MR) is 148 cm³/mol. The zero-order valence-corrected chi connectivity index (χ0v) is 23.0. The average molecular weight is 551 g/mol. The van der Waals surface area contributed by atoms with Crippen molar-refractivity contribution in [3.05, 3.63) is 65.7 Å². The fourth-order valence-corrected chi connectivity index (χ4v) is 4.39. The molecule has 1 unspecified atom stereocenters. The van der Waals surface area contributed by atoms with Gasteiger partial charge >= 0.3 is 6.09 Å². The molecule has 3 amide bonds. The van der Waals surface area contributed by atoms with Gasteiger partial charge in [-0.25, -0.2) is 4.79 Å². The lowest BCUT2D eigenvalue weighted by molar-refractivity contribution is -0.131. The Balaban J connectivity index is 1.83. The highest BCUT2D eigenvalue weighted by Gasteiger charge is 2.30. The van der Waals surface area contributed by atoms with Crippen molar-refractivity contribution in [3.8, 4) is 11.8 Å². The van der Waals surface area contributed by atoms with Crippen LogP contribution in [0.25, 0.3) is 0 Å². The lowest BCUT2D eigenvalue weighted by atomic mass is 9.99. The maximum absolute atomic E-state index is 13.5. The SMILES string of the molecule is CC(C)C[C@@H]1NC(=O)[C@@H](NC(=O)OCc2ccccc2)Cc2ccc(cc2)OCCCC[C@@H](C(O)C#N)NC1=O. The third-order valence-electron chi connectivity index (χ3n) is 6.54. The van der Waals surface area contributed by atoms with Gasteiger partial charge in [0.15, 0.2) is 6.10 Å². The van der Waals surface area contributed by atoms with E-state index in [0.717, 1.165) is 11.1 Å². The number of amides is 3. The molecule has 0 aliphatic carbocycles. The van der Waals surface area contributed by atoms with Crippen LogP contribution in [0, 0.1) is 17.2 Å². The molecule has 2 aromatic carbocycles. The van der Waals surface area contributed by atoms with Gasteiger partial charge in [-0.05, 0) is 54.9 Å². The first-order valence-electron chi connectivity index (χ1n) is 13.6. The topological polar surface area (TPSA) is 150 Å². The summed E-state index contributed by atoms with van der Waals surface area (Å²) in [7, 11) is 0. The fourth-order valence-electron chi connectivity index (χ4n) is 4.39. The Bertz CT molecular complexity index is 1150. The number of rotatable bonds is 6. The standard InChI is InChI=1S/C30H38N4O6/c1-20(2)16-25-28(36)32-24(27(35)18-31)10-6-7-15-39-23-13-11-21(12-14-23)17-26(29(37)33-25)34-30(38)40-19-22-8-4-3-5-9-22/h3-5,8-9,11-14,20,24-27,35H,6-7,10,15-17,19H2,1-2H3,(H,32,36)(H,33,37)(H,34,38)/t24-,25-,26-,27?/m0/s1. The summed E-state index contributed by atoms with van der Waals surface area (Å²) >= 11 is 0. The number of nitrogens with one attached hydrogen (secondary N) is 3. The molecule has 4 rings (SSSR count). The molecular formula is C30H38N4O6. The zero-order chi connectivity index (χ0) is 28.9. The molecule has 4 N–H and O–H groups in total. The molecule has 0 fully saturated rings. The first-order valence-corrected chi connectivity index (χ1v) is 13.6. The summed E-state index contributed by atoms with van der Waals surface area (Å²) in [4.78, 5) is 39.5. The molecule has 10 heteroatoms. The van der Waals surface area contributed by atoms with E-state index in [2.05, 4.69) is 16.0 Å². The van der Waals surface area contributed by atoms with E-state index in [1.165, 1.54) is 0 Å². The summed E-state index contributed by atoms with van der Waals surface area (Å²) in [5, 5.41) is 27.7. The number of nitrogens with zero attached hydrogens (tertiary/aromatic N) is 1. The summed E-state index contributed by atoms with van der Waals surface area (Å²) < 4.78 is 11.1. The third-order valence-corrected chi connectivity index (χ3v) is 6.54. The van der Waals surface area contributed by atoms with Gasteiger partial charge in [-0.1, -0.05) is 56.3 Å². The molecule has 214 valence electrons. The van der Waals surface area contributed by atoms with Gasteiger partial charge in [-0.3, -0.25) is 9.59 Å². The minimum Gasteiger partial charge on any atom is -0.494 e. The number of carbonyl (C=O) groups excluding carboxylic acids is 3. The van der Waals surface area contributed by atoms with E-state index in [1.54, 1.807) is 18.2 Å². The minimum atomic E-state index is -1.40. The molecule has 2 heterocycles. The van der Waals surface area contributed by atoms with Crippen LogP contribution < -0.4 is 20.7 Å². The maximum atomic E-state index is 13.5. The molecule has 2 bridgehead atoms. The second kappa shape index (κ2) is 15.5. The van der Waals surface area contributed by atoms with Gasteiger partial charge in [0.25, 0.3) is 0 Å². The molecule has 2 aliphatic heterocycles. The van der Waals surface area contributed by atoms with Gasteiger partial charge in [0, 0.05) is 6.42 Å². The Hall–Kier alpha value is -4.10. The average Bonchev–Trinajstić information content (AvgIpc) is 2.94. The van der Waals surface area contributed by atoms with Crippen LogP contribution in [0.2, 0.25) is 0 Å². The molecular weight excluding hydrogens is 512 g/mol. The van der Waals surface area contributed by atoms with Crippen molar-refractivity contribution >= 4 is 17.9 Å². The van der Waals surface area contributed by atoms with Gasteiger partial charge in [0.2, 0.25) is 11.8 Å². The van der Waals surface area contributed by atoms with Crippen molar-refractivity contribution in [2.24, 2.45) is 5.92 Å². The Morgan fingerprint density at radius 2 is 1.82 bits per heavy atom. The number of aliphatic hydroxyl groups is 1. The predicted octanol–water partition coefficient (Wildman–Crippen LogP) is 2.99. The highest BCUT2D eigenvalue weighted by molar-refractivity contribution is 5.91. The molecule has 0 aromatic heterocycles. The number of ether oxygens (including phenoxy) is 2. The first-order chi connectivity index (χ1) is 19.2. The number of hydrogen-bond donors (Lipinski definition) is 4. The van der Waals surface area contributed by atoms with Crippen molar-refractivity contribution in [2.45, 2.75) is 76.8 Å². The molecule has 40 heavy (non-hydrogen) atoms. The summed E-state index contributed by atoms with van der Waals surface area (Å²) in [6.45, 7) is 4.30. The molecule has 10 nitrogen and oxygen atoms in total. The quantitative estimate of drug-likeness (QED) is 0.404. The van der Waals surface area contributed by atoms with E-state index in [1.807, 2.05) is 56.3 Å². The van der Waals surface area contributed by atoms with Gasteiger partial charge in [-0.2, -0.15) is 5.26 Å². The minimum absolute atomic E-state index is 0.0358. The fraction of sp³-hybridized carbons (Fsp3) is 0.467. The zero-order valence-electron chi connectivity index (χ0n) is 23.0. The van der Waals surface area contributed by atoms with Crippen molar-refractivity contribution in [1.82, 2.24) is 16.0 Å². The molecule has 0 spiro atoms. The molecule has 0 saturated carbocycles. The number of carbonyl (C=O) groups is 3.